The minimum absolute atomic E-state index is 0.0160. The summed E-state index contributed by atoms with van der Waals surface area (Å²) in [4.78, 5) is 11.8. The Morgan fingerprint density at radius 3 is 2.69 bits per heavy atom. The molecule has 0 bridgehead atoms. The van der Waals surface area contributed by atoms with Gasteiger partial charge in [0.25, 0.3) is 0 Å². The van der Waals surface area contributed by atoms with Gasteiger partial charge in [-0.2, -0.15) is 0 Å². The summed E-state index contributed by atoms with van der Waals surface area (Å²) in [6.45, 7) is 13.0. The number of esters is 1. The van der Waals surface area contributed by atoms with Crippen molar-refractivity contribution in [1.82, 2.24) is 0 Å². The van der Waals surface area contributed by atoms with Crippen molar-refractivity contribution in [1.29, 1.82) is 0 Å². The third-order valence-corrected chi connectivity index (χ3v) is 9.40. The first-order valence-electron chi connectivity index (χ1n) is 13.7. The summed E-state index contributed by atoms with van der Waals surface area (Å²) < 4.78 is 11.2. The van der Waals surface area contributed by atoms with Crippen LogP contribution >= 0.6 is 0 Å². The lowest BCUT2D eigenvalue weighted by atomic mass is 9.60. The van der Waals surface area contributed by atoms with Gasteiger partial charge in [0, 0.05) is 31.6 Å². The number of allylic oxidation sites excluding steroid dienone is 3. The van der Waals surface area contributed by atoms with Crippen molar-refractivity contribution in [2.75, 3.05) is 13.2 Å². The van der Waals surface area contributed by atoms with Crippen LogP contribution in [0.25, 0.3) is 0 Å². The summed E-state index contributed by atoms with van der Waals surface area (Å²) in [5, 5.41) is 30.3. The van der Waals surface area contributed by atoms with E-state index in [0.29, 0.717) is 54.8 Å². The third-order valence-electron chi connectivity index (χ3n) is 9.40. The molecule has 0 aromatic heterocycles. The van der Waals surface area contributed by atoms with Gasteiger partial charge in [0.1, 0.15) is 18.3 Å². The van der Waals surface area contributed by atoms with Crippen LogP contribution in [0.3, 0.4) is 0 Å². The Hall–Kier alpha value is -1.73. The van der Waals surface area contributed by atoms with Gasteiger partial charge in [-0.3, -0.25) is 0 Å². The summed E-state index contributed by atoms with van der Waals surface area (Å²) in [5.74, 6) is 1.36. The van der Waals surface area contributed by atoms with Crippen LogP contribution < -0.4 is 0 Å². The van der Waals surface area contributed by atoms with Gasteiger partial charge in [-0.25, -0.2) is 4.79 Å². The van der Waals surface area contributed by atoms with Crippen LogP contribution in [0.5, 0.6) is 0 Å². The molecule has 1 heterocycles. The van der Waals surface area contributed by atoms with Crippen LogP contribution in [0.2, 0.25) is 0 Å². The molecule has 0 unspecified atom stereocenters. The summed E-state index contributed by atoms with van der Waals surface area (Å²) in [5.41, 5.74) is 3.78. The van der Waals surface area contributed by atoms with Crippen molar-refractivity contribution in [3.8, 4) is 0 Å². The van der Waals surface area contributed by atoms with Gasteiger partial charge in [0.15, 0.2) is 0 Å². The van der Waals surface area contributed by atoms with Crippen LogP contribution in [0.15, 0.2) is 47.6 Å². The molecule has 200 valence electrons. The van der Waals surface area contributed by atoms with Gasteiger partial charge in [0.2, 0.25) is 0 Å². The lowest BCUT2D eigenvalue weighted by Gasteiger charge is -2.44. The number of cyclic esters (lactones) is 1. The van der Waals surface area contributed by atoms with E-state index in [1.54, 1.807) is 0 Å². The van der Waals surface area contributed by atoms with Crippen molar-refractivity contribution in [3.63, 3.8) is 0 Å². The molecule has 6 nitrogen and oxygen atoms in total. The molecule has 0 amide bonds. The first-order valence-corrected chi connectivity index (χ1v) is 13.7. The minimum Gasteiger partial charge on any atom is -0.459 e. The zero-order valence-corrected chi connectivity index (χ0v) is 22.0. The normalized spacial score (nSPS) is 40.1. The monoisotopic (exact) mass is 500 g/mol. The van der Waals surface area contributed by atoms with Gasteiger partial charge in [-0.1, -0.05) is 44.7 Å². The average molecular weight is 501 g/mol. The molecule has 0 radical (unpaired) electrons. The summed E-state index contributed by atoms with van der Waals surface area (Å²) in [7, 11) is 0. The highest BCUT2D eigenvalue weighted by Gasteiger charge is 2.51. The highest BCUT2D eigenvalue weighted by atomic mass is 16.5. The molecule has 4 aliphatic rings. The molecule has 3 aliphatic carbocycles. The molecular formula is C30H44O6. The molecule has 4 rings (SSSR count). The Bertz CT molecular complexity index is 902. The molecule has 8 atom stereocenters. The Balaban J connectivity index is 1.43. The van der Waals surface area contributed by atoms with E-state index >= 15 is 0 Å². The van der Waals surface area contributed by atoms with E-state index in [9.17, 15) is 15.0 Å². The van der Waals surface area contributed by atoms with E-state index in [1.165, 1.54) is 24.8 Å². The van der Waals surface area contributed by atoms with E-state index < -0.39 is 18.3 Å². The Kier molecular flexibility index (Phi) is 8.60. The fraction of sp³-hybridized carbons (Fsp3) is 0.700. The number of carbonyl (C=O) groups is 1. The van der Waals surface area contributed by atoms with Gasteiger partial charge in [0.05, 0.1) is 6.10 Å². The molecule has 4 fully saturated rings. The van der Waals surface area contributed by atoms with E-state index in [1.807, 2.05) is 0 Å². The predicted molar refractivity (Wildman–Crippen MR) is 139 cm³/mol. The fourth-order valence-corrected chi connectivity index (χ4v) is 7.50. The van der Waals surface area contributed by atoms with Crippen LogP contribution in [-0.4, -0.2) is 58.9 Å². The van der Waals surface area contributed by atoms with Crippen molar-refractivity contribution in [2.24, 2.45) is 23.2 Å². The van der Waals surface area contributed by atoms with Crippen molar-refractivity contribution >= 4 is 5.97 Å². The lowest BCUT2D eigenvalue weighted by molar-refractivity contribution is -0.139. The maximum absolute atomic E-state index is 11.8. The first-order chi connectivity index (χ1) is 17.2. The molecule has 36 heavy (non-hydrogen) atoms. The van der Waals surface area contributed by atoms with Crippen molar-refractivity contribution in [2.45, 2.75) is 96.1 Å². The number of carbonyl (C=O) groups excluding carboxylic acids is 1. The Labute approximate surface area is 215 Å². The average Bonchev–Trinajstić information content (AvgIpc) is 3.35. The number of aliphatic hydroxyl groups excluding tert-OH is 3. The number of aliphatic hydroxyl groups is 3. The van der Waals surface area contributed by atoms with E-state index in [0.717, 1.165) is 24.8 Å². The zero-order chi connectivity index (χ0) is 26.0. The van der Waals surface area contributed by atoms with E-state index in [4.69, 9.17) is 14.6 Å². The smallest absolute Gasteiger partial charge is 0.333 e. The fourth-order valence-electron chi connectivity index (χ4n) is 7.50. The van der Waals surface area contributed by atoms with Gasteiger partial charge >= 0.3 is 5.97 Å². The summed E-state index contributed by atoms with van der Waals surface area (Å²) in [6.07, 6.45) is 10.0. The largest absolute Gasteiger partial charge is 0.459 e. The van der Waals surface area contributed by atoms with Crippen LogP contribution in [0.4, 0.5) is 0 Å². The number of rotatable bonds is 8. The quantitative estimate of drug-likeness (QED) is 0.260. The van der Waals surface area contributed by atoms with Gasteiger partial charge in [-0.05, 0) is 79.3 Å². The second-order valence-electron chi connectivity index (χ2n) is 11.7. The summed E-state index contributed by atoms with van der Waals surface area (Å²) in [6, 6.07) is 0. The van der Waals surface area contributed by atoms with Crippen molar-refractivity contribution in [3.05, 3.63) is 47.6 Å². The number of ether oxygens (including phenoxy) is 2. The molecule has 0 aromatic rings. The second kappa shape index (κ2) is 11.3. The highest BCUT2D eigenvalue weighted by Crippen LogP contribution is 2.60. The molecule has 1 aliphatic heterocycles. The second-order valence-corrected chi connectivity index (χ2v) is 11.7. The molecule has 6 heteroatoms. The van der Waals surface area contributed by atoms with Gasteiger partial charge < -0.3 is 24.8 Å². The maximum Gasteiger partial charge on any atom is 0.333 e. The Morgan fingerprint density at radius 1 is 1.22 bits per heavy atom. The van der Waals surface area contributed by atoms with E-state index in [2.05, 4.69) is 39.2 Å². The van der Waals surface area contributed by atoms with Crippen LogP contribution in [-0.2, 0) is 14.3 Å². The topological polar surface area (TPSA) is 96.2 Å². The molecule has 1 saturated heterocycles. The SMILES string of the molecule is C=C1C[C@@H](C[C@@H](C)[C@H]2CC[C@H]3/C(=C/C=C4/C[C@@H](O)[C@H](OCCCO)[C@H](O)C4=C)CCC[C@]23C)OC1=O. The minimum atomic E-state index is -0.953. The summed E-state index contributed by atoms with van der Waals surface area (Å²) >= 11 is 0. The first kappa shape index (κ1) is 27.3. The molecule has 3 saturated carbocycles. The number of fused-ring (bicyclic) bond motifs is 1. The third kappa shape index (κ3) is 5.42. The molecule has 0 aromatic carbocycles. The Morgan fingerprint density at radius 2 is 2.00 bits per heavy atom. The van der Waals surface area contributed by atoms with Gasteiger partial charge in [-0.15, -0.1) is 0 Å². The molecule has 0 spiro atoms. The molecular weight excluding hydrogens is 456 g/mol. The van der Waals surface area contributed by atoms with Crippen molar-refractivity contribution < 1.29 is 29.6 Å². The van der Waals surface area contributed by atoms with E-state index in [-0.39, 0.29) is 24.1 Å². The highest BCUT2D eigenvalue weighted by molar-refractivity contribution is 5.89. The zero-order valence-electron chi connectivity index (χ0n) is 22.0. The predicted octanol–water partition coefficient (Wildman–Crippen LogP) is 4.40. The maximum atomic E-state index is 11.8. The number of hydrogen-bond acceptors (Lipinski definition) is 6. The van der Waals surface area contributed by atoms with Crippen LogP contribution in [0, 0.1) is 23.2 Å². The molecule has 3 N–H and O–H groups in total. The van der Waals surface area contributed by atoms with Crippen LogP contribution in [0.1, 0.15) is 71.6 Å². The lowest BCUT2D eigenvalue weighted by Crippen LogP contribution is -2.45. The number of hydrogen-bond donors (Lipinski definition) is 3. The standard InChI is InChI=1S/C30H44O6/c1-18(15-23-16-19(2)29(34)36-23)24-10-11-25-21(7-5-12-30(24,25)4)8-9-22-17-26(32)28(27(33)20(22)3)35-14-6-13-31/h8-9,18,23-28,31-33H,2-3,5-7,10-17H2,1,4H3/b21-8+,22-9-/t18-,23-,24-,25+,26-,27-,28+,30-/m1/s1.